The SMILES string of the molecule is CCCCOC(=O)CCC.COc1ccc(C=O)cc1. The molecule has 0 unspecified atom stereocenters. The van der Waals surface area contributed by atoms with Gasteiger partial charge < -0.3 is 9.47 Å². The Morgan fingerprint density at radius 1 is 1.15 bits per heavy atom. The van der Waals surface area contributed by atoms with E-state index in [4.69, 9.17) is 9.47 Å². The summed E-state index contributed by atoms with van der Waals surface area (Å²) < 4.78 is 9.78. The number of hydrogen-bond donors (Lipinski definition) is 0. The molecule has 0 amide bonds. The van der Waals surface area contributed by atoms with E-state index in [-0.39, 0.29) is 5.97 Å². The predicted octanol–water partition coefficient (Wildman–Crippen LogP) is 3.64. The van der Waals surface area contributed by atoms with E-state index in [2.05, 4.69) is 6.92 Å². The van der Waals surface area contributed by atoms with Crippen molar-refractivity contribution in [1.82, 2.24) is 0 Å². The Bertz CT molecular complexity index is 371. The summed E-state index contributed by atoms with van der Waals surface area (Å²) in [5.41, 5.74) is 0.667. The molecule has 0 aliphatic rings. The van der Waals surface area contributed by atoms with E-state index in [1.807, 2.05) is 6.92 Å². The highest BCUT2D eigenvalue weighted by Gasteiger charge is 1.97. The van der Waals surface area contributed by atoms with Gasteiger partial charge in [0.25, 0.3) is 0 Å². The van der Waals surface area contributed by atoms with Crippen LogP contribution in [0.4, 0.5) is 0 Å². The minimum absolute atomic E-state index is 0.0593. The van der Waals surface area contributed by atoms with Gasteiger partial charge in [0.2, 0.25) is 0 Å². The lowest BCUT2D eigenvalue weighted by Crippen LogP contribution is -2.04. The maximum Gasteiger partial charge on any atom is 0.305 e. The summed E-state index contributed by atoms with van der Waals surface area (Å²) in [4.78, 5) is 20.9. The summed E-state index contributed by atoms with van der Waals surface area (Å²) in [5.74, 6) is 0.710. The number of benzene rings is 1. The highest BCUT2D eigenvalue weighted by molar-refractivity contribution is 5.74. The molecule has 0 spiro atoms. The first-order chi connectivity index (χ1) is 9.67. The van der Waals surface area contributed by atoms with Crippen molar-refractivity contribution >= 4 is 12.3 Å². The van der Waals surface area contributed by atoms with Crippen LogP contribution in [-0.2, 0) is 9.53 Å². The second kappa shape index (κ2) is 12.2. The molecule has 1 rings (SSSR count). The van der Waals surface area contributed by atoms with Crippen molar-refractivity contribution in [1.29, 1.82) is 0 Å². The largest absolute Gasteiger partial charge is 0.497 e. The zero-order valence-electron chi connectivity index (χ0n) is 12.6. The number of hydrogen-bond acceptors (Lipinski definition) is 4. The normalized spacial score (nSPS) is 9.15. The van der Waals surface area contributed by atoms with Crippen molar-refractivity contribution in [2.45, 2.75) is 39.5 Å². The van der Waals surface area contributed by atoms with Gasteiger partial charge in [0.1, 0.15) is 12.0 Å². The summed E-state index contributed by atoms with van der Waals surface area (Å²) in [6, 6.07) is 6.94. The first-order valence-corrected chi connectivity index (χ1v) is 6.92. The van der Waals surface area contributed by atoms with Gasteiger partial charge >= 0.3 is 5.97 Å². The number of ether oxygens (including phenoxy) is 2. The Kier molecular flexibility index (Phi) is 11.1. The lowest BCUT2D eigenvalue weighted by Gasteiger charge is -2.00. The molecule has 0 saturated heterocycles. The minimum Gasteiger partial charge on any atom is -0.497 e. The number of esters is 1. The molecule has 4 nitrogen and oxygen atoms in total. The van der Waals surface area contributed by atoms with Crippen LogP contribution in [0.1, 0.15) is 49.9 Å². The number of methoxy groups -OCH3 is 1. The van der Waals surface area contributed by atoms with Crippen LogP contribution in [0.2, 0.25) is 0 Å². The third-order valence-corrected chi connectivity index (χ3v) is 2.47. The van der Waals surface area contributed by atoms with Crippen LogP contribution in [0.3, 0.4) is 0 Å². The second-order valence-corrected chi connectivity index (χ2v) is 4.22. The molecule has 1 aromatic rings. The molecule has 0 aliphatic carbocycles. The van der Waals surface area contributed by atoms with Crippen LogP contribution >= 0.6 is 0 Å². The summed E-state index contributed by atoms with van der Waals surface area (Å²) in [7, 11) is 1.59. The van der Waals surface area contributed by atoms with Crippen LogP contribution < -0.4 is 4.74 Å². The summed E-state index contributed by atoms with van der Waals surface area (Å²) >= 11 is 0. The highest BCUT2D eigenvalue weighted by Crippen LogP contribution is 2.09. The molecule has 112 valence electrons. The van der Waals surface area contributed by atoms with E-state index in [0.29, 0.717) is 18.6 Å². The quantitative estimate of drug-likeness (QED) is 0.435. The molecular formula is C16H24O4. The van der Waals surface area contributed by atoms with Crippen molar-refractivity contribution in [3.05, 3.63) is 29.8 Å². The lowest BCUT2D eigenvalue weighted by molar-refractivity contribution is -0.143. The predicted molar refractivity (Wildman–Crippen MR) is 79.2 cm³/mol. The van der Waals surface area contributed by atoms with Gasteiger partial charge in [0.15, 0.2) is 0 Å². The fourth-order valence-corrected chi connectivity index (χ4v) is 1.29. The average molecular weight is 280 g/mol. The summed E-state index contributed by atoms with van der Waals surface area (Å²) in [6.45, 7) is 4.64. The Hall–Kier alpha value is -1.84. The lowest BCUT2D eigenvalue weighted by atomic mass is 10.2. The third kappa shape index (κ3) is 9.14. The van der Waals surface area contributed by atoms with Gasteiger partial charge in [-0.2, -0.15) is 0 Å². The molecule has 0 atom stereocenters. The third-order valence-electron chi connectivity index (χ3n) is 2.47. The number of rotatable bonds is 7. The number of unbranched alkanes of at least 4 members (excludes halogenated alkanes) is 1. The summed E-state index contributed by atoms with van der Waals surface area (Å²) in [5, 5.41) is 0. The van der Waals surface area contributed by atoms with E-state index in [1.165, 1.54) is 0 Å². The number of carbonyl (C=O) groups is 2. The van der Waals surface area contributed by atoms with Crippen LogP contribution in [0, 0.1) is 0 Å². The van der Waals surface area contributed by atoms with Crippen molar-refractivity contribution in [3.8, 4) is 5.75 Å². The van der Waals surface area contributed by atoms with Gasteiger partial charge in [-0.25, -0.2) is 0 Å². The Morgan fingerprint density at radius 2 is 1.80 bits per heavy atom. The van der Waals surface area contributed by atoms with Crippen LogP contribution in [0.5, 0.6) is 5.75 Å². The zero-order valence-corrected chi connectivity index (χ0v) is 12.6. The Balaban J connectivity index is 0.000000361. The molecule has 0 bridgehead atoms. The molecule has 0 saturated carbocycles. The number of aldehydes is 1. The van der Waals surface area contributed by atoms with Gasteiger partial charge in [0.05, 0.1) is 13.7 Å². The molecule has 0 N–H and O–H groups in total. The molecule has 0 aliphatic heterocycles. The Labute approximate surface area is 121 Å². The van der Waals surface area contributed by atoms with E-state index in [9.17, 15) is 9.59 Å². The van der Waals surface area contributed by atoms with Crippen molar-refractivity contribution in [2.24, 2.45) is 0 Å². The molecule has 0 heterocycles. The Morgan fingerprint density at radius 3 is 2.25 bits per heavy atom. The molecule has 0 fully saturated rings. The first kappa shape index (κ1) is 18.2. The van der Waals surface area contributed by atoms with E-state index in [1.54, 1.807) is 31.4 Å². The van der Waals surface area contributed by atoms with Crippen LogP contribution in [0.15, 0.2) is 24.3 Å². The molecule has 0 aromatic heterocycles. The van der Waals surface area contributed by atoms with Gasteiger partial charge in [-0.3, -0.25) is 9.59 Å². The van der Waals surface area contributed by atoms with E-state index < -0.39 is 0 Å². The van der Waals surface area contributed by atoms with Crippen LogP contribution in [-0.4, -0.2) is 26.0 Å². The fourth-order valence-electron chi connectivity index (χ4n) is 1.29. The molecule has 0 radical (unpaired) electrons. The van der Waals surface area contributed by atoms with E-state index >= 15 is 0 Å². The van der Waals surface area contributed by atoms with Crippen molar-refractivity contribution in [3.63, 3.8) is 0 Å². The van der Waals surface area contributed by atoms with E-state index in [0.717, 1.165) is 31.3 Å². The maximum atomic E-state index is 10.7. The molecular weight excluding hydrogens is 256 g/mol. The average Bonchev–Trinajstić information content (AvgIpc) is 2.48. The van der Waals surface area contributed by atoms with Crippen molar-refractivity contribution in [2.75, 3.05) is 13.7 Å². The monoisotopic (exact) mass is 280 g/mol. The molecule has 4 heteroatoms. The second-order valence-electron chi connectivity index (χ2n) is 4.22. The molecule has 20 heavy (non-hydrogen) atoms. The zero-order chi connectivity index (χ0) is 15.2. The minimum atomic E-state index is -0.0593. The van der Waals surface area contributed by atoms with Gasteiger partial charge in [-0.05, 0) is 37.1 Å². The fraction of sp³-hybridized carbons (Fsp3) is 0.500. The highest BCUT2D eigenvalue weighted by atomic mass is 16.5. The van der Waals surface area contributed by atoms with Gasteiger partial charge in [-0.1, -0.05) is 20.3 Å². The first-order valence-electron chi connectivity index (χ1n) is 6.92. The smallest absolute Gasteiger partial charge is 0.305 e. The standard InChI is InChI=1S/C8H8O2.C8H16O2/c1-10-8-4-2-7(6-9)3-5-8;1-3-5-7-10-8(9)6-4-2/h2-6H,1H3;3-7H2,1-2H3. The van der Waals surface area contributed by atoms with Crippen molar-refractivity contribution < 1.29 is 19.1 Å². The van der Waals surface area contributed by atoms with Gasteiger partial charge in [-0.15, -0.1) is 0 Å². The summed E-state index contributed by atoms with van der Waals surface area (Å²) in [6.07, 6.45) is 4.31. The van der Waals surface area contributed by atoms with Gasteiger partial charge in [0, 0.05) is 12.0 Å². The molecule has 1 aromatic carbocycles. The maximum absolute atomic E-state index is 10.7. The topological polar surface area (TPSA) is 52.6 Å². The number of carbonyl (C=O) groups excluding carboxylic acids is 2. The van der Waals surface area contributed by atoms with Crippen LogP contribution in [0.25, 0.3) is 0 Å².